The molecule has 3 N–H and O–H groups in total. The molecule has 1 rings (SSSR count). The molecule has 0 atom stereocenters. The monoisotopic (exact) mass is 289 g/mol. The average Bonchev–Trinajstić information content (AvgIpc) is 2.33. The highest BCUT2D eigenvalue weighted by molar-refractivity contribution is 5.77. The highest BCUT2D eigenvalue weighted by atomic mass is 19.4. The van der Waals surface area contributed by atoms with Gasteiger partial charge in [-0.2, -0.15) is 0 Å². The Hall–Kier alpha value is -1.92. The number of hydrogen-bond donors (Lipinski definition) is 2. The number of nitrogens with zero attached hydrogens (tertiary/aromatic N) is 1. The predicted octanol–water partition coefficient (Wildman–Crippen LogP) is 2.65. The third kappa shape index (κ3) is 6.31. The van der Waals surface area contributed by atoms with Crippen molar-refractivity contribution in [2.24, 2.45) is 16.6 Å². The van der Waals surface area contributed by atoms with E-state index in [1.165, 1.54) is 18.2 Å². The molecule has 0 heterocycles. The lowest BCUT2D eigenvalue weighted by Crippen LogP contribution is -2.34. The van der Waals surface area contributed by atoms with Crippen molar-refractivity contribution in [2.75, 3.05) is 6.54 Å². The van der Waals surface area contributed by atoms with Crippen molar-refractivity contribution < 1.29 is 17.9 Å². The van der Waals surface area contributed by atoms with Gasteiger partial charge in [0.05, 0.1) is 6.54 Å². The van der Waals surface area contributed by atoms with Crippen LogP contribution in [0.1, 0.15) is 19.4 Å². The fraction of sp³-hybridized carbons (Fsp3) is 0.462. The maximum absolute atomic E-state index is 12.2. The average molecular weight is 289 g/mol. The molecule has 0 unspecified atom stereocenters. The summed E-state index contributed by atoms with van der Waals surface area (Å²) in [4.78, 5) is 3.99. The Morgan fingerprint density at radius 3 is 2.60 bits per heavy atom. The van der Waals surface area contributed by atoms with Crippen molar-refractivity contribution in [1.29, 1.82) is 0 Å². The van der Waals surface area contributed by atoms with E-state index in [1.807, 2.05) is 13.8 Å². The molecule has 0 saturated heterocycles. The summed E-state index contributed by atoms with van der Waals surface area (Å²) in [6.45, 7) is 4.68. The number of hydrogen-bond acceptors (Lipinski definition) is 2. The minimum absolute atomic E-state index is 0.0170. The molecule has 0 amide bonds. The number of nitrogens with two attached hydrogens (primary N) is 1. The minimum Gasteiger partial charge on any atom is -0.405 e. The van der Waals surface area contributed by atoms with E-state index in [4.69, 9.17) is 5.73 Å². The van der Waals surface area contributed by atoms with Crippen LogP contribution < -0.4 is 15.8 Å². The Morgan fingerprint density at radius 1 is 1.35 bits per heavy atom. The number of halogens is 3. The smallest absolute Gasteiger partial charge is 0.405 e. The van der Waals surface area contributed by atoms with Crippen LogP contribution in [0.25, 0.3) is 0 Å². The molecule has 0 aromatic heterocycles. The van der Waals surface area contributed by atoms with Crippen molar-refractivity contribution in [3.63, 3.8) is 0 Å². The van der Waals surface area contributed by atoms with Crippen molar-refractivity contribution in [3.05, 3.63) is 29.8 Å². The van der Waals surface area contributed by atoms with E-state index in [1.54, 1.807) is 6.07 Å². The molecular formula is C13H18F3N3O. The van der Waals surface area contributed by atoms with Crippen LogP contribution in [0, 0.1) is 5.92 Å². The third-order valence-electron chi connectivity index (χ3n) is 2.31. The lowest BCUT2D eigenvalue weighted by Gasteiger charge is -2.12. The molecule has 0 aliphatic carbocycles. The lowest BCUT2D eigenvalue weighted by atomic mass is 10.2. The first kappa shape index (κ1) is 16.1. The van der Waals surface area contributed by atoms with Gasteiger partial charge in [-0.05, 0) is 12.0 Å². The minimum atomic E-state index is -4.72. The van der Waals surface area contributed by atoms with Gasteiger partial charge >= 0.3 is 6.36 Å². The van der Waals surface area contributed by atoms with Gasteiger partial charge in [-0.15, -0.1) is 13.2 Å². The number of nitrogens with one attached hydrogen (secondary N) is 1. The van der Waals surface area contributed by atoms with Crippen LogP contribution in [0.15, 0.2) is 29.3 Å². The molecule has 0 spiro atoms. The van der Waals surface area contributed by atoms with Crippen molar-refractivity contribution in [1.82, 2.24) is 5.32 Å². The van der Waals surface area contributed by atoms with E-state index < -0.39 is 6.36 Å². The first-order chi connectivity index (χ1) is 9.28. The molecule has 1 aromatic carbocycles. The van der Waals surface area contributed by atoms with Gasteiger partial charge in [-0.25, -0.2) is 4.99 Å². The molecule has 0 bridgehead atoms. The maximum atomic E-state index is 12.2. The second-order valence-electron chi connectivity index (χ2n) is 4.63. The molecule has 0 fully saturated rings. The Kier molecular flexibility index (Phi) is 5.66. The molecular weight excluding hydrogens is 271 g/mol. The van der Waals surface area contributed by atoms with E-state index in [0.717, 1.165) is 0 Å². The fourth-order valence-corrected chi connectivity index (χ4v) is 1.39. The van der Waals surface area contributed by atoms with Crippen LogP contribution in [-0.2, 0) is 6.54 Å². The zero-order valence-electron chi connectivity index (χ0n) is 11.4. The standard InChI is InChI=1S/C13H18F3N3O/c1-9(2)7-18-12(17)19-8-10-5-3-4-6-11(10)20-13(14,15)16/h3-6,9H,7-8H2,1-2H3,(H3,17,18,19). The molecule has 0 aliphatic heterocycles. The SMILES string of the molecule is CC(C)CNC(N)=NCc1ccccc1OC(F)(F)F. The largest absolute Gasteiger partial charge is 0.573 e. The van der Waals surface area contributed by atoms with Gasteiger partial charge < -0.3 is 15.8 Å². The number of para-hydroxylation sites is 1. The Morgan fingerprint density at radius 2 is 2.00 bits per heavy atom. The summed E-state index contributed by atoms with van der Waals surface area (Å²) in [7, 11) is 0. The molecule has 7 heteroatoms. The van der Waals surface area contributed by atoms with E-state index in [9.17, 15) is 13.2 Å². The second-order valence-corrected chi connectivity index (χ2v) is 4.63. The van der Waals surface area contributed by atoms with Gasteiger partial charge in [0.2, 0.25) is 0 Å². The topological polar surface area (TPSA) is 59.6 Å². The third-order valence-corrected chi connectivity index (χ3v) is 2.31. The van der Waals surface area contributed by atoms with Crippen LogP contribution >= 0.6 is 0 Å². The number of benzene rings is 1. The fourth-order valence-electron chi connectivity index (χ4n) is 1.39. The summed E-state index contributed by atoms with van der Waals surface area (Å²) in [5, 5.41) is 2.88. The molecule has 112 valence electrons. The summed E-state index contributed by atoms with van der Waals surface area (Å²) in [6, 6.07) is 5.84. The highest BCUT2D eigenvalue weighted by Crippen LogP contribution is 2.26. The van der Waals surface area contributed by atoms with Crippen LogP contribution in [0.3, 0.4) is 0 Å². The van der Waals surface area contributed by atoms with Crippen LogP contribution in [0.2, 0.25) is 0 Å². The number of guanidine groups is 1. The summed E-state index contributed by atoms with van der Waals surface area (Å²) < 4.78 is 40.6. The second kappa shape index (κ2) is 7.02. The first-order valence-electron chi connectivity index (χ1n) is 6.15. The van der Waals surface area contributed by atoms with Gasteiger partial charge in [-0.3, -0.25) is 0 Å². The number of alkyl halides is 3. The van der Waals surface area contributed by atoms with Gasteiger partial charge in [0, 0.05) is 12.1 Å². The summed E-state index contributed by atoms with van der Waals surface area (Å²) in [6.07, 6.45) is -4.72. The normalized spacial score (nSPS) is 12.6. The van der Waals surface area contributed by atoms with Crippen molar-refractivity contribution in [2.45, 2.75) is 26.8 Å². The summed E-state index contributed by atoms with van der Waals surface area (Å²) >= 11 is 0. The van der Waals surface area contributed by atoms with Crippen molar-refractivity contribution in [3.8, 4) is 5.75 Å². The first-order valence-corrected chi connectivity index (χ1v) is 6.15. The number of ether oxygens (including phenoxy) is 1. The predicted molar refractivity (Wildman–Crippen MR) is 71.3 cm³/mol. The van der Waals surface area contributed by atoms with Gasteiger partial charge in [0.15, 0.2) is 5.96 Å². The van der Waals surface area contributed by atoms with Crippen molar-refractivity contribution >= 4 is 5.96 Å². The lowest BCUT2D eigenvalue weighted by molar-refractivity contribution is -0.274. The Balaban J connectivity index is 2.70. The van der Waals surface area contributed by atoms with E-state index in [2.05, 4.69) is 15.0 Å². The number of rotatable bonds is 5. The van der Waals surface area contributed by atoms with Crippen LogP contribution in [-0.4, -0.2) is 18.9 Å². The van der Waals surface area contributed by atoms with Gasteiger partial charge in [0.1, 0.15) is 5.75 Å². The highest BCUT2D eigenvalue weighted by Gasteiger charge is 2.31. The van der Waals surface area contributed by atoms with Crippen LogP contribution in [0.4, 0.5) is 13.2 Å². The Bertz CT molecular complexity index is 458. The zero-order chi connectivity index (χ0) is 15.2. The molecule has 4 nitrogen and oxygen atoms in total. The van der Waals surface area contributed by atoms with E-state index in [0.29, 0.717) is 18.0 Å². The van der Waals surface area contributed by atoms with Gasteiger partial charge in [0.25, 0.3) is 0 Å². The quantitative estimate of drug-likeness (QED) is 0.647. The van der Waals surface area contributed by atoms with Crippen LogP contribution in [0.5, 0.6) is 5.75 Å². The van der Waals surface area contributed by atoms with Gasteiger partial charge in [-0.1, -0.05) is 32.0 Å². The zero-order valence-corrected chi connectivity index (χ0v) is 11.4. The molecule has 0 saturated carbocycles. The summed E-state index contributed by atoms with van der Waals surface area (Å²) in [5.41, 5.74) is 5.94. The van der Waals surface area contributed by atoms with E-state index >= 15 is 0 Å². The number of aliphatic imine (C=N–C) groups is 1. The van der Waals surface area contributed by atoms with E-state index in [-0.39, 0.29) is 18.3 Å². The molecule has 20 heavy (non-hydrogen) atoms. The summed E-state index contributed by atoms with van der Waals surface area (Å²) in [5.74, 6) is 0.325. The molecule has 0 radical (unpaired) electrons. The molecule has 0 aliphatic rings. The maximum Gasteiger partial charge on any atom is 0.573 e. The molecule has 1 aromatic rings. The Labute approximate surface area is 115 Å².